The number of halogens is 3. The van der Waals surface area contributed by atoms with Crippen LogP contribution in [0.25, 0.3) is 11.0 Å². The number of terminal acetylenes is 2. The molecule has 8 N–H and O–H groups in total. The van der Waals surface area contributed by atoms with Crippen LogP contribution in [-0.4, -0.2) is 132 Å². The van der Waals surface area contributed by atoms with Gasteiger partial charge in [0.1, 0.15) is 41.2 Å². The third-order valence-corrected chi connectivity index (χ3v) is 9.90. The quantitative estimate of drug-likeness (QED) is 0.0800. The number of carbonyl (C=O) groups excluding carboxylic acids is 2. The van der Waals surface area contributed by atoms with Gasteiger partial charge in [-0.15, -0.1) is 24.7 Å². The van der Waals surface area contributed by atoms with Crippen molar-refractivity contribution in [1.29, 1.82) is 0 Å². The lowest BCUT2D eigenvalue weighted by Crippen LogP contribution is -2.65. The lowest BCUT2D eigenvalue weighted by atomic mass is 9.80. The van der Waals surface area contributed by atoms with E-state index in [0.29, 0.717) is 10.9 Å². The van der Waals surface area contributed by atoms with E-state index in [1.807, 2.05) is 0 Å². The summed E-state index contributed by atoms with van der Waals surface area (Å²) in [5.41, 5.74) is 0.00555. The Morgan fingerprint density at radius 1 is 0.932 bits per heavy atom. The minimum Gasteiger partial charge on any atom is -0.477 e. The van der Waals surface area contributed by atoms with Gasteiger partial charge in [0.2, 0.25) is 5.79 Å². The van der Waals surface area contributed by atoms with Crippen LogP contribution in [0.1, 0.15) is 56.9 Å². The van der Waals surface area contributed by atoms with Gasteiger partial charge in [-0.25, -0.2) is 23.2 Å². The van der Waals surface area contributed by atoms with Gasteiger partial charge >= 0.3 is 29.2 Å². The van der Waals surface area contributed by atoms with E-state index >= 15 is 4.39 Å². The third kappa shape index (κ3) is 11.0. The van der Waals surface area contributed by atoms with Crippen molar-refractivity contribution < 1.29 is 91.8 Å². The van der Waals surface area contributed by atoms with E-state index in [1.54, 1.807) is 6.92 Å². The molecule has 11 atom stereocenters. The molecule has 0 spiro atoms. The maximum Gasteiger partial charge on any atom is 0.380 e. The lowest BCUT2D eigenvalue weighted by molar-refractivity contribution is -0.387. The number of hydrogen-bond acceptors (Lipinski definition) is 15. The minimum atomic E-state index is -3.90. The van der Waals surface area contributed by atoms with Crippen molar-refractivity contribution in [1.82, 2.24) is 0 Å². The maximum absolute atomic E-state index is 15.5. The Morgan fingerprint density at radius 2 is 1.54 bits per heavy atom. The average Bonchev–Trinajstić information content (AvgIpc) is 3.18. The number of ether oxygens (including phenoxy) is 3. The number of aryl methyl sites for hydroxylation is 1. The number of alkyl halides is 3. The first-order chi connectivity index (χ1) is 27.6. The Balaban J connectivity index is 0.000000349. The molecule has 2 aliphatic heterocycles. The van der Waals surface area contributed by atoms with Crippen LogP contribution < -0.4 is 10.4 Å². The second-order valence-corrected chi connectivity index (χ2v) is 14.1. The second-order valence-electron chi connectivity index (χ2n) is 14.1. The number of aliphatic hydroxyl groups excluding tert-OH is 5. The maximum atomic E-state index is 15.5. The number of carbonyl (C=O) groups is 4. The molecule has 1 aromatic heterocycles. The van der Waals surface area contributed by atoms with Crippen LogP contribution in [0.4, 0.5) is 13.2 Å². The van der Waals surface area contributed by atoms with Crippen LogP contribution in [0.2, 0.25) is 0 Å². The van der Waals surface area contributed by atoms with Crippen LogP contribution in [0, 0.1) is 43.4 Å². The summed E-state index contributed by atoms with van der Waals surface area (Å²) in [4.78, 5) is 58.9. The molecule has 4 rings (SSSR count). The number of benzene rings is 1. The number of carboxylic acids is 2. The number of Topliss-reactive ketones (excluding diaryl/α,β-unsaturated/α-hetero) is 2. The molecule has 2 saturated heterocycles. The first-order valence-corrected chi connectivity index (χ1v) is 18.1. The fourth-order valence-electron chi connectivity index (χ4n) is 6.69. The number of ketones is 2. The number of rotatable bonds is 17. The summed E-state index contributed by atoms with van der Waals surface area (Å²) in [6.45, 7) is -0.343. The van der Waals surface area contributed by atoms with E-state index in [9.17, 15) is 63.4 Å². The van der Waals surface area contributed by atoms with Crippen molar-refractivity contribution in [2.75, 3.05) is 13.2 Å². The average molecular weight is 843 g/mol. The zero-order valence-corrected chi connectivity index (χ0v) is 31.5. The monoisotopic (exact) mass is 842 g/mol. The molecule has 2 fully saturated rings. The highest BCUT2D eigenvalue weighted by atomic mass is 19.2. The van der Waals surface area contributed by atoms with Crippen molar-refractivity contribution in [2.24, 2.45) is 11.8 Å². The molecule has 0 saturated carbocycles. The molecule has 7 unspecified atom stereocenters. The summed E-state index contributed by atoms with van der Waals surface area (Å²) in [6, 6.07) is 5.30. The Morgan fingerprint density at radius 3 is 2.08 bits per heavy atom. The van der Waals surface area contributed by atoms with Crippen molar-refractivity contribution >= 4 is 34.5 Å². The van der Waals surface area contributed by atoms with Gasteiger partial charge in [0.05, 0.1) is 19.3 Å². The fraction of sp³-hybridized carbons (Fsp3) is 0.564. The first-order valence-electron chi connectivity index (χ1n) is 18.1. The highest BCUT2D eigenvalue weighted by Crippen LogP contribution is 2.45. The summed E-state index contributed by atoms with van der Waals surface area (Å²) in [5.74, 6) is -13.1. The highest BCUT2D eigenvalue weighted by molar-refractivity contribution is 5.82. The van der Waals surface area contributed by atoms with Gasteiger partial charge in [-0.05, 0) is 43.4 Å². The Hall–Kier alpha value is -4.90. The topological polar surface area (TPSA) is 288 Å². The standard InChI is InChI=1S/C25H27FO10.C14H18F2O7/c1-3-4-5-15(28)9-14-10-20(26)25(24(32)33,36-23(14)22(31)18(29)12-27)35-16-6-7-17-13(2)8-21(30)34-19(17)11-16;1-2-3-4-9(18)5-8-6-10(15)13(16,12(20)21)23-14(8,22)11(19)7-17/h1,6-8,11,14,18,20,22-23,27,29,31H,4-5,9-10,12H2,2H3,(H,32,33);1,8,10-11,17,19,22H,3-7H2,(H,20,21)/t14?,18-,20?,22-,23?,25?;8?,10?,11-,13?,14+/m11/s1. The second kappa shape index (κ2) is 20.4. The molecule has 59 heavy (non-hydrogen) atoms. The summed E-state index contributed by atoms with van der Waals surface area (Å²) in [5, 5.41) is 78.0. The zero-order valence-electron chi connectivity index (χ0n) is 31.5. The van der Waals surface area contributed by atoms with Crippen molar-refractivity contribution in [3.05, 3.63) is 40.2 Å². The summed E-state index contributed by atoms with van der Waals surface area (Å²) >= 11 is 0. The number of aliphatic carboxylic acids is 2. The molecule has 1 aromatic carbocycles. The molecule has 0 aliphatic carbocycles. The zero-order chi connectivity index (χ0) is 44.5. The van der Waals surface area contributed by atoms with Crippen LogP contribution in [0.3, 0.4) is 0 Å². The van der Waals surface area contributed by atoms with Gasteiger partial charge in [-0.2, -0.15) is 4.39 Å². The largest absolute Gasteiger partial charge is 0.477 e. The van der Waals surface area contributed by atoms with E-state index in [0.717, 1.165) is 0 Å². The van der Waals surface area contributed by atoms with Crippen molar-refractivity contribution in [3.8, 4) is 30.4 Å². The molecule has 0 radical (unpaired) electrons. The lowest BCUT2D eigenvalue weighted by Gasteiger charge is -2.47. The van der Waals surface area contributed by atoms with Crippen LogP contribution in [0.5, 0.6) is 5.75 Å². The molecule has 17 nitrogen and oxygen atoms in total. The van der Waals surface area contributed by atoms with E-state index < -0.39 is 122 Å². The summed E-state index contributed by atoms with van der Waals surface area (Å²) in [6.07, 6.45) is -4.34. The number of hydrogen-bond donors (Lipinski definition) is 8. The number of aliphatic hydroxyl groups is 6. The molecular weight excluding hydrogens is 797 g/mol. The molecule has 20 heteroatoms. The Labute approximate surface area is 334 Å². The van der Waals surface area contributed by atoms with E-state index in [2.05, 4.69) is 16.6 Å². The highest BCUT2D eigenvalue weighted by Gasteiger charge is 2.64. The molecule has 324 valence electrons. The molecule has 0 bridgehead atoms. The molecule has 3 heterocycles. The summed E-state index contributed by atoms with van der Waals surface area (Å²) < 4.78 is 64.0. The third-order valence-electron chi connectivity index (χ3n) is 9.90. The number of fused-ring (bicyclic) bond motifs is 1. The first kappa shape index (κ1) is 48.5. The predicted octanol–water partition coefficient (Wildman–Crippen LogP) is 0.617. The normalized spacial score (nSPS) is 29.4. The SMILES string of the molecule is C#CCCC(=O)CC1CC(F)C(F)(C(=O)O)O[C@]1(O)[C@H](O)CO.C#CCCC(=O)CC1CC(F)C(Oc2ccc3c(C)cc(=O)oc3c2)(C(=O)O)OC1[C@H](O)[C@H](O)CO. The Kier molecular flexibility index (Phi) is 16.7. The fourth-order valence-corrected chi connectivity index (χ4v) is 6.69. The molecule has 2 aliphatic rings. The van der Waals surface area contributed by atoms with Crippen molar-refractivity contribution in [2.45, 2.75) is 112 Å². The van der Waals surface area contributed by atoms with Crippen LogP contribution in [-0.2, 0) is 28.7 Å². The van der Waals surface area contributed by atoms with Crippen molar-refractivity contribution in [3.63, 3.8) is 0 Å². The summed E-state index contributed by atoms with van der Waals surface area (Å²) in [7, 11) is 0. The van der Waals surface area contributed by atoms with E-state index in [4.69, 9.17) is 37.0 Å². The van der Waals surface area contributed by atoms with Gasteiger partial charge in [-0.3, -0.25) is 14.3 Å². The van der Waals surface area contributed by atoms with E-state index in [1.165, 1.54) is 24.3 Å². The molecule has 2 aromatic rings. The van der Waals surface area contributed by atoms with Gasteiger partial charge < -0.3 is 54.7 Å². The van der Waals surface area contributed by atoms with E-state index in [-0.39, 0.29) is 49.2 Å². The Bertz CT molecular complexity index is 1980. The molecular formula is C39H45F3O17. The van der Waals surface area contributed by atoms with Gasteiger partial charge in [0.25, 0.3) is 0 Å². The predicted molar refractivity (Wildman–Crippen MR) is 194 cm³/mol. The minimum absolute atomic E-state index is 0.0163. The molecule has 0 amide bonds. The number of carboxylic acid groups (broad SMARTS) is 2. The van der Waals surface area contributed by atoms with Crippen LogP contribution >= 0.6 is 0 Å². The van der Waals surface area contributed by atoms with Gasteiger partial charge in [0.15, 0.2) is 12.3 Å². The van der Waals surface area contributed by atoms with Gasteiger partial charge in [0, 0.05) is 62.0 Å². The van der Waals surface area contributed by atoms with Gasteiger partial charge in [-0.1, -0.05) is 0 Å². The van der Waals surface area contributed by atoms with Crippen LogP contribution in [0.15, 0.2) is 33.5 Å². The smallest absolute Gasteiger partial charge is 0.380 e.